The molecule has 0 bridgehead atoms. The first-order valence-electron chi connectivity index (χ1n) is 3.28. The van der Waals surface area contributed by atoms with E-state index in [0.29, 0.717) is 0 Å². The second kappa shape index (κ2) is 2.05. The van der Waals surface area contributed by atoms with Crippen LogP contribution in [0.1, 0.15) is 5.82 Å². The van der Waals surface area contributed by atoms with Gasteiger partial charge in [-0.25, -0.2) is 9.67 Å². The highest BCUT2D eigenvalue weighted by molar-refractivity contribution is 4.88. The summed E-state index contributed by atoms with van der Waals surface area (Å²) in [6.45, 7) is 2.70. The van der Waals surface area contributed by atoms with E-state index in [9.17, 15) is 0 Å². The molecule has 0 amide bonds. The van der Waals surface area contributed by atoms with Crippen LogP contribution in [-0.4, -0.2) is 26.2 Å². The molecule has 1 aliphatic rings. The van der Waals surface area contributed by atoms with E-state index in [1.165, 1.54) is 0 Å². The van der Waals surface area contributed by atoms with Crippen molar-refractivity contribution in [2.75, 3.05) is 6.54 Å². The minimum atomic E-state index is 0.819. The van der Waals surface area contributed by atoms with Gasteiger partial charge < -0.3 is 0 Å². The summed E-state index contributed by atoms with van der Waals surface area (Å²) in [5.41, 5.74) is 0. The highest BCUT2D eigenvalue weighted by atomic mass is 15.4. The van der Waals surface area contributed by atoms with E-state index in [2.05, 4.69) is 17.1 Å². The fourth-order valence-electron chi connectivity index (χ4n) is 1.11. The quantitative estimate of drug-likeness (QED) is 0.500. The highest BCUT2D eigenvalue weighted by Gasteiger charge is 2.12. The second-order valence-electron chi connectivity index (χ2n) is 2.45. The van der Waals surface area contributed by atoms with Crippen LogP contribution in [0, 0.1) is 7.05 Å². The van der Waals surface area contributed by atoms with Gasteiger partial charge in [-0.05, 0) is 0 Å². The van der Waals surface area contributed by atoms with Gasteiger partial charge in [0.05, 0.1) is 13.1 Å². The summed E-state index contributed by atoms with van der Waals surface area (Å²) in [7, 11) is 3.83. The molecule has 10 heavy (non-hydrogen) atoms. The van der Waals surface area contributed by atoms with Crippen LogP contribution in [-0.2, 0) is 13.1 Å². The van der Waals surface area contributed by atoms with Gasteiger partial charge in [0.2, 0.25) is 0 Å². The molecule has 2 rings (SSSR count). The molecule has 0 unspecified atom stereocenters. The lowest BCUT2D eigenvalue weighted by atomic mass is 10.4. The summed E-state index contributed by atoms with van der Waals surface area (Å²) in [6.07, 6.45) is 1.59. The lowest BCUT2D eigenvalue weighted by Crippen LogP contribution is -2.29. The molecular formula is C6H9N4. The molecule has 0 fully saturated rings. The molecule has 0 atom stereocenters. The zero-order valence-corrected chi connectivity index (χ0v) is 5.69. The summed E-state index contributed by atoms with van der Waals surface area (Å²) in [5, 5.41) is 4.04. The Morgan fingerprint density at radius 1 is 1.50 bits per heavy atom. The number of aromatic nitrogens is 3. The second-order valence-corrected chi connectivity index (χ2v) is 2.45. The van der Waals surface area contributed by atoms with Crippen LogP contribution in [0.5, 0.6) is 0 Å². The Bertz CT molecular complexity index is 229. The first-order valence-corrected chi connectivity index (χ1v) is 3.28. The smallest absolute Gasteiger partial charge is 0.141 e. The third-order valence-corrected chi connectivity index (χ3v) is 1.69. The van der Waals surface area contributed by atoms with Crippen molar-refractivity contribution >= 4 is 0 Å². The van der Waals surface area contributed by atoms with E-state index in [-0.39, 0.29) is 0 Å². The van der Waals surface area contributed by atoms with E-state index < -0.39 is 0 Å². The standard InChI is InChI=1S/C6H9N4/c1-9-2-3-10-6(4-9)7-5-8-10/h5H,1-4H2. The van der Waals surface area contributed by atoms with Gasteiger partial charge in [-0.3, -0.25) is 4.90 Å². The van der Waals surface area contributed by atoms with Crippen LogP contribution in [0.3, 0.4) is 0 Å². The maximum absolute atomic E-state index is 4.08. The van der Waals surface area contributed by atoms with Gasteiger partial charge in [0.1, 0.15) is 12.2 Å². The van der Waals surface area contributed by atoms with Crippen molar-refractivity contribution in [3.63, 3.8) is 0 Å². The van der Waals surface area contributed by atoms with Gasteiger partial charge in [0.25, 0.3) is 0 Å². The lowest BCUT2D eigenvalue weighted by Gasteiger charge is -2.21. The van der Waals surface area contributed by atoms with Crippen molar-refractivity contribution < 1.29 is 0 Å². The molecule has 4 nitrogen and oxygen atoms in total. The average molecular weight is 137 g/mol. The topological polar surface area (TPSA) is 34.0 Å². The number of rotatable bonds is 0. The largest absolute Gasteiger partial charge is 0.293 e. The molecular weight excluding hydrogens is 128 g/mol. The van der Waals surface area contributed by atoms with Crippen molar-refractivity contribution in [1.82, 2.24) is 19.7 Å². The van der Waals surface area contributed by atoms with Crippen LogP contribution >= 0.6 is 0 Å². The van der Waals surface area contributed by atoms with Gasteiger partial charge in [-0.1, -0.05) is 0 Å². The monoisotopic (exact) mass is 137 g/mol. The van der Waals surface area contributed by atoms with E-state index in [1.54, 1.807) is 6.33 Å². The van der Waals surface area contributed by atoms with Gasteiger partial charge in [0, 0.05) is 13.6 Å². The van der Waals surface area contributed by atoms with Crippen LogP contribution in [0.15, 0.2) is 6.33 Å². The number of fused-ring (bicyclic) bond motifs is 1. The van der Waals surface area contributed by atoms with Crippen molar-refractivity contribution in [3.05, 3.63) is 19.2 Å². The molecule has 4 heteroatoms. The third-order valence-electron chi connectivity index (χ3n) is 1.69. The number of hydrogen-bond acceptors (Lipinski definition) is 3. The van der Waals surface area contributed by atoms with E-state index in [4.69, 9.17) is 0 Å². The third kappa shape index (κ3) is 0.806. The zero-order valence-electron chi connectivity index (χ0n) is 5.69. The van der Waals surface area contributed by atoms with E-state index >= 15 is 0 Å². The molecule has 1 aliphatic heterocycles. The normalized spacial score (nSPS) is 18.9. The van der Waals surface area contributed by atoms with Gasteiger partial charge in [-0.15, -0.1) is 0 Å². The highest BCUT2D eigenvalue weighted by Crippen LogP contribution is 2.05. The molecule has 53 valence electrons. The van der Waals surface area contributed by atoms with Crippen LogP contribution in [0.25, 0.3) is 0 Å². The molecule has 1 radical (unpaired) electrons. The molecule has 0 saturated heterocycles. The summed E-state index contributed by atoms with van der Waals surface area (Å²) in [4.78, 5) is 6.07. The van der Waals surface area contributed by atoms with E-state index in [0.717, 1.165) is 25.5 Å². The SMILES string of the molecule is [CH2]N1CCn2ncnc2C1. The molecule has 0 spiro atoms. The van der Waals surface area contributed by atoms with E-state index in [1.807, 2.05) is 9.58 Å². The predicted molar refractivity (Wildman–Crippen MR) is 35.8 cm³/mol. The Labute approximate surface area is 59.5 Å². The predicted octanol–water partition coefficient (Wildman–Crippen LogP) is -0.115. The van der Waals surface area contributed by atoms with Gasteiger partial charge in [-0.2, -0.15) is 5.10 Å². The molecule has 0 saturated carbocycles. The Balaban J connectivity index is 2.30. The number of nitrogens with zero attached hydrogens (tertiary/aromatic N) is 4. The first kappa shape index (κ1) is 5.85. The summed E-state index contributed by atoms with van der Waals surface area (Å²) < 4.78 is 1.92. The molecule has 0 N–H and O–H groups in total. The molecule has 2 heterocycles. The Hall–Kier alpha value is -0.900. The first-order chi connectivity index (χ1) is 4.86. The molecule has 1 aromatic rings. The Kier molecular flexibility index (Phi) is 1.20. The fraction of sp³-hybridized carbons (Fsp3) is 0.500. The molecule has 0 aromatic carbocycles. The summed E-state index contributed by atoms with van der Waals surface area (Å²) in [6, 6.07) is 0. The minimum absolute atomic E-state index is 0.819. The maximum atomic E-state index is 4.08. The minimum Gasteiger partial charge on any atom is -0.293 e. The van der Waals surface area contributed by atoms with Gasteiger partial charge in [0.15, 0.2) is 0 Å². The Morgan fingerprint density at radius 3 is 3.30 bits per heavy atom. The summed E-state index contributed by atoms with van der Waals surface area (Å²) in [5.74, 6) is 1.02. The van der Waals surface area contributed by atoms with Crippen LogP contribution in [0.4, 0.5) is 0 Å². The zero-order chi connectivity index (χ0) is 6.97. The molecule has 1 aromatic heterocycles. The van der Waals surface area contributed by atoms with Crippen LogP contribution < -0.4 is 0 Å². The maximum Gasteiger partial charge on any atom is 0.141 e. The average Bonchev–Trinajstić information content (AvgIpc) is 2.33. The number of hydrogen-bond donors (Lipinski definition) is 0. The van der Waals surface area contributed by atoms with Crippen LogP contribution in [0.2, 0.25) is 0 Å². The van der Waals surface area contributed by atoms with Crippen molar-refractivity contribution in [2.45, 2.75) is 13.1 Å². The fourth-order valence-corrected chi connectivity index (χ4v) is 1.11. The Morgan fingerprint density at radius 2 is 2.40 bits per heavy atom. The lowest BCUT2D eigenvalue weighted by molar-refractivity contribution is 0.280. The van der Waals surface area contributed by atoms with Crippen molar-refractivity contribution in [2.24, 2.45) is 0 Å². The van der Waals surface area contributed by atoms with Crippen molar-refractivity contribution in [1.29, 1.82) is 0 Å². The van der Waals surface area contributed by atoms with Gasteiger partial charge >= 0.3 is 0 Å². The summed E-state index contributed by atoms with van der Waals surface area (Å²) >= 11 is 0. The molecule has 0 aliphatic carbocycles. The van der Waals surface area contributed by atoms with Crippen molar-refractivity contribution in [3.8, 4) is 0 Å².